The van der Waals surface area contributed by atoms with Gasteiger partial charge < -0.3 is 24.3 Å². The summed E-state index contributed by atoms with van der Waals surface area (Å²) in [5, 5.41) is 11.4. The maximum Gasteiger partial charge on any atom is 0.339 e. The second-order valence-corrected chi connectivity index (χ2v) is 5.56. The second kappa shape index (κ2) is 9.75. The zero-order valence-electron chi connectivity index (χ0n) is 16.0. The van der Waals surface area contributed by atoms with Gasteiger partial charge in [-0.15, -0.1) is 0 Å². The molecule has 0 spiro atoms. The lowest BCUT2D eigenvalue weighted by Gasteiger charge is -2.13. The fourth-order valence-electron chi connectivity index (χ4n) is 2.37. The van der Waals surface area contributed by atoms with Crippen molar-refractivity contribution in [2.75, 3.05) is 33.3 Å². The second-order valence-electron chi connectivity index (χ2n) is 5.56. The predicted octanol–water partition coefficient (Wildman–Crippen LogP) is 2.16. The fourth-order valence-corrected chi connectivity index (χ4v) is 2.37. The molecule has 0 aliphatic heterocycles. The highest BCUT2D eigenvalue weighted by Crippen LogP contribution is 2.28. The Balaban J connectivity index is 2.18. The van der Waals surface area contributed by atoms with Gasteiger partial charge in [0.15, 0.2) is 18.1 Å². The highest BCUT2D eigenvalue weighted by atomic mass is 16.5. The van der Waals surface area contributed by atoms with E-state index in [-0.39, 0.29) is 22.6 Å². The molecule has 9 nitrogen and oxygen atoms in total. The normalized spacial score (nSPS) is 9.72. The van der Waals surface area contributed by atoms with Crippen LogP contribution in [-0.2, 0) is 14.3 Å². The Kier molecular flexibility index (Phi) is 7.14. The largest absolute Gasteiger partial charge is 0.493 e. The summed E-state index contributed by atoms with van der Waals surface area (Å²) in [6.45, 7) is -0.411. The number of nitrogens with zero attached hydrogens (tertiary/aromatic N) is 1. The van der Waals surface area contributed by atoms with Gasteiger partial charge >= 0.3 is 11.9 Å². The number of carbonyl (C=O) groups excluding carboxylic acids is 3. The summed E-state index contributed by atoms with van der Waals surface area (Å²) in [4.78, 5) is 36.0. The zero-order chi connectivity index (χ0) is 21.4. The van der Waals surface area contributed by atoms with Crippen molar-refractivity contribution in [3.05, 3.63) is 53.1 Å². The molecule has 2 aromatic rings. The summed E-state index contributed by atoms with van der Waals surface area (Å²) >= 11 is 0. The number of esters is 2. The minimum Gasteiger partial charge on any atom is -0.493 e. The first-order valence-electron chi connectivity index (χ1n) is 8.25. The van der Waals surface area contributed by atoms with E-state index in [0.717, 1.165) is 0 Å². The van der Waals surface area contributed by atoms with E-state index in [4.69, 9.17) is 14.7 Å². The Morgan fingerprint density at radius 1 is 0.966 bits per heavy atom. The number of benzene rings is 2. The minimum absolute atomic E-state index is 0.0597. The van der Waals surface area contributed by atoms with Gasteiger partial charge in [0.2, 0.25) is 0 Å². The molecule has 0 fully saturated rings. The number of rotatable bonds is 7. The smallest absolute Gasteiger partial charge is 0.339 e. The molecule has 0 aromatic heterocycles. The number of carbonyl (C=O) groups is 3. The van der Waals surface area contributed by atoms with Crippen LogP contribution in [0.1, 0.15) is 26.3 Å². The number of ether oxygens (including phenoxy) is 4. The van der Waals surface area contributed by atoms with Crippen LogP contribution in [0.4, 0.5) is 5.69 Å². The van der Waals surface area contributed by atoms with Crippen LogP contribution < -0.4 is 14.8 Å². The lowest BCUT2D eigenvalue weighted by Crippen LogP contribution is -2.22. The monoisotopic (exact) mass is 398 g/mol. The van der Waals surface area contributed by atoms with Crippen molar-refractivity contribution in [2.45, 2.75) is 0 Å². The maximum absolute atomic E-state index is 12.3. The van der Waals surface area contributed by atoms with E-state index in [1.54, 1.807) is 0 Å². The van der Waals surface area contributed by atoms with Gasteiger partial charge in [0.25, 0.3) is 5.91 Å². The highest BCUT2D eigenvalue weighted by molar-refractivity contribution is 6.03. The molecule has 0 aliphatic rings. The van der Waals surface area contributed by atoms with Crippen LogP contribution in [0.5, 0.6) is 11.5 Å². The van der Waals surface area contributed by atoms with E-state index in [1.165, 1.54) is 57.7 Å². The Hall–Kier alpha value is -4.06. The van der Waals surface area contributed by atoms with Crippen molar-refractivity contribution in [3.63, 3.8) is 0 Å². The number of amides is 1. The van der Waals surface area contributed by atoms with Crippen LogP contribution in [-0.4, -0.2) is 45.8 Å². The van der Waals surface area contributed by atoms with E-state index in [9.17, 15) is 14.4 Å². The van der Waals surface area contributed by atoms with Crippen LogP contribution in [0.2, 0.25) is 0 Å². The maximum atomic E-state index is 12.3. The molecule has 0 bridgehead atoms. The van der Waals surface area contributed by atoms with Crippen LogP contribution in [0.25, 0.3) is 0 Å². The van der Waals surface area contributed by atoms with Gasteiger partial charge in [0.05, 0.1) is 49.8 Å². The third-order valence-electron chi connectivity index (χ3n) is 3.77. The Labute approximate surface area is 166 Å². The summed E-state index contributed by atoms with van der Waals surface area (Å²) in [6, 6.07) is 10.5. The number of methoxy groups -OCH3 is 3. The van der Waals surface area contributed by atoms with Gasteiger partial charge in [-0.05, 0) is 30.3 Å². The Morgan fingerprint density at radius 3 is 2.31 bits per heavy atom. The summed E-state index contributed by atoms with van der Waals surface area (Å²) in [6.07, 6.45) is 0. The van der Waals surface area contributed by atoms with E-state index < -0.39 is 24.5 Å². The molecule has 2 aromatic carbocycles. The lowest BCUT2D eigenvalue weighted by molar-refractivity contribution is -0.118. The van der Waals surface area contributed by atoms with Crippen molar-refractivity contribution in [1.82, 2.24) is 0 Å². The summed E-state index contributed by atoms with van der Waals surface area (Å²) in [5.41, 5.74) is 0.649. The quantitative estimate of drug-likeness (QED) is 0.704. The van der Waals surface area contributed by atoms with Gasteiger partial charge in [-0.2, -0.15) is 5.26 Å². The summed E-state index contributed by atoms with van der Waals surface area (Å²) < 4.78 is 19.9. The van der Waals surface area contributed by atoms with Crippen LogP contribution in [0, 0.1) is 11.3 Å². The third kappa shape index (κ3) is 5.23. The number of hydrogen-bond acceptors (Lipinski definition) is 8. The van der Waals surface area contributed by atoms with Crippen LogP contribution >= 0.6 is 0 Å². The standard InChI is InChI=1S/C20H18N2O7/c1-26-17-8-12(10-21)4-7-16(17)29-11-18(23)22-15-9-13(19(24)27-2)5-6-14(15)20(25)28-3/h4-9H,11H2,1-3H3,(H,22,23). The summed E-state index contributed by atoms with van der Waals surface area (Å²) in [5.74, 6) is -1.36. The van der Waals surface area contributed by atoms with Crippen LogP contribution in [0.3, 0.4) is 0 Å². The molecular formula is C20H18N2O7. The molecule has 0 aliphatic carbocycles. The predicted molar refractivity (Wildman–Crippen MR) is 101 cm³/mol. The van der Waals surface area contributed by atoms with Crippen molar-refractivity contribution >= 4 is 23.5 Å². The molecule has 1 N–H and O–H groups in total. The summed E-state index contributed by atoms with van der Waals surface area (Å²) in [7, 11) is 3.82. The number of nitrogens with one attached hydrogen (secondary N) is 1. The van der Waals surface area contributed by atoms with Crippen molar-refractivity contribution in [2.24, 2.45) is 0 Å². The molecule has 29 heavy (non-hydrogen) atoms. The average Bonchev–Trinajstić information content (AvgIpc) is 2.76. The molecule has 9 heteroatoms. The van der Waals surface area contributed by atoms with Crippen LogP contribution in [0.15, 0.2) is 36.4 Å². The lowest BCUT2D eigenvalue weighted by atomic mass is 10.1. The van der Waals surface area contributed by atoms with Crippen molar-refractivity contribution in [3.8, 4) is 17.6 Å². The molecule has 0 atom stereocenters. The Bertz CT molecular complexity index is 979. The molecule has 0 radical (unpaired) electrons. The third-order valence-corrected chi connectivity index (χ3v) is 3.77. The number of nitriles is 1. The molecule has 1 amide bonds. The van der Waals surface area contributed by atoms with Gasteiger partial charge in [0.1, 0.15) is 0 Å². The molecule has 0 saturated heterocycles. The van der Waals surface area contributed by atoms with Gasteiger partial charge in [0, 0.05) is 6.07 Å². The first-order valence-corrected chi connectivity index (χ1v) is 8.25. The Morgan fingerprint density at radius 2 is 1.69 bits per heavy atom. The first-order chi connectivity index (χ1) is 13.9. The molecule has 2 rings (SSSR count). The first kappa shape index (κ1) is 21.2. The van der Waals surface area contributed by atoms with Crippen molar-refractivity contribution < 1.29 is 33.3 Å². The average molecular weight is 398 g/mol. The fraction of sp³-hybridized carbons (Fsp3) is 0.200. The van der Waals surface area contributed by atoms with Crippen molar-refractivity contribution in [1.29, 1.82) is 5.26 Å². The minimum atomic E-state index is -0.689. The highest BCUT2D eigenvalue weighted by Gasteiger charge is 2.18. The molecule has 150 valence electrons. The zero-order valence-corrected chi connectivity index (χ0v) is 16.0. The molecular weight excluding hydrogens is 380 g/mol. The van der Waals surface area contributed by atoms with E-state index >= 15 is 0 Å². The van der Waals surface area contributed by atoms with Gasteiger partial charge in [-0.1, -0.05) is 0 Å². The van der Waals surface area contributed by atoms with Gasteiger partial charge in [-0.25, -0.2) is 9.59 Å². The van der Waals surface area contributed by atoms with Gasteiger partial charge in [-0.3, -0.25) is 4.79 Å². The number of hydrogen-bond donors (Lipinski definition) is 1. The topological polar surface area (TPSA) is 124 Å². The SMILES string of the molecule is COC(=O)c1ccc(C(=O)OC)c(NC(=O)COc2ccc(C#N)cc2OC)c1. The van der Waals surface area contributed by atoms with E-state index in [0.29, 0.717) is 11.3 Å². The van der Waals surface area contributed by atoms with E-state index in [1.807, 2.05) is 6.07 Å². The number of anilines is 1. The molecule has 0 heterocycles. The van der Waals surface area contributed by atoms with E-state index in [2.05, 4.69) is 14.8 Å². The molecule has 0 unspecified atom stereocenters. The molecule has 0 saturated carbocycles.